The zero-order valence-corrected chi connectivity index (χ0v) is 14.9. The number of rotatable bonds is 5. The number of carboxylic acids is 1. The van der Waals surface area contributed by atoms with E-state index in [2.05, 4.69) is 4.72 Å². The molecule has 0 saturated heterocycles. The Labute approximate surface area is 150 Å². The molecule has 1 aliphatic carbocycles. The topological polar surface area (TPSA) is 83.5 Å². The van der Waals surface area contributed by atoms with Crippen LogP contribution in [0.25, 0.3) is 0 Å². The zero-order valence-electron chi connectivity index (χ0n) is 14.1. The lowest BCUT2D eigenvalue weighted by Gasteiger charge is -2.34. The molecule has 26 heavy (non-hydrogen) atoms. The van der Waals surface area contributed by atoms with Gasteiger partial charge < -0.3 is 5.11 Å². The molecule has 0 unspecified atom stereocenters. The first-order chi connectivity index (χ1) is 12.0. The minimum atomic E-state index is -4.54. The summed E-state index contributed by atoms with van der Waals surface area (Å²) in [4.78, 5) is 11.3. The highest BCUT2D eigenvalue weighted by molar-refractivity contribution is 7.89. The molecule has 1 aromatic rings. The predicted molar refractivity (Wildman–Crippen MR) is 88.9 cm³/mol. The second-order valence-electron chi connectivity index (χ2n) is 6.38. The van der Waals surface area contributed by atoms with Crippen LogP contribution in [-0.4, -0.2) is 25.5 Å². The second kappa shape index (κ2) is 7.40. The third-order valence-corrected chi connectivity index (χ3v) is 6.14. The predicted octanol–water partition coefficient (Wildman–Crippen LogP) is 3.57. The van der Waals surface area contributed by atoms with E-state index in [0.29, 0.717) is 12.8 Å². The van der Waals surface area contributed by atoms with Gasteiger partial charge in [0.05, 0.1) is 15.9 Å². The maximum absolute atomic E-state index is 12.6. The normalized spacial score (nSPS) is 24.7. The molecule has 0 bridgehead atoms. The molecular weight excluding hydrogens is 371 g/mol. The SMILES string of the molecule is C/C=C/C1(C(=O)O)CCC(NS(=O)(=O)c2ccc(C(F)(F)F)cc2)CC1. The molecule has 0 heterocycles. The molecule has 9 heteroatoms. The Morgan fingerprint density at radius 3 is 2.19 bits per heavy atom. The highest BCUT2D eigenvalue weighted by Crippen LogP contribution is 2.38. The molecule has 0 atom stereocenters. The van der Waals surface area contributed by atoms with Gasteiger partial charge in [0.1, 0.15) is 0 Å². The van der Waals surface area contributed by atoms with E-state index < -0.39 is 39.2 Å². The van der Waals surface area contributed by atoms with E-state index in [9.17, 15) is 31.5 Å². The first-order valence-corrected chi connectivity index (χ1v) is 9.55. The molecule has 1 saturated carbocycles. The van der Waals surface area contributed by atoms with Crippen molar-refractivity contribution in [2.24, 2.45) is 5.41 Å². The number of hydrogen-bond acceptors (Lipinski definition) is 3. The monoisotopic (exact) mass is 391 g/mol. The van der Waals surface area contributed by atoms with Crippen LogP contribution in [0.4, 0.5) is 13.2 Å². The molecule has 0 aromatic heterocycles. The van der Waals surface area contributed by atoms with Gasteiger partial charge >= 0.3 is 12.1 Å². The highest BCUT2D eigenvalue weighted by atomic mass is 32.2. The molecule has 144 valence electrons. The molecule has 0 spiro atoms. The molecule has 1 aliphatic rings. The van der Waals surface area contributed by atoms with Gasteiger partial charge in [-0.25, -0.2) is 13.1 Å². The lowest BCUT2D eigenvalue weighted by atomic mass is 9.72. The Balaban J connectivity index is 2.08. The van der Waals surface area contributed by atoms with Crippen molar-refractivity contribution < 1.29 is 31.5 Å². The lowest BCUT2D eigenvalue weighted by Crippen LogP contribution is -2.42. The van der Waals surface area contributed by atoms with Crippen molar-refractivity contribution in [3.8, 4) is 0 Å². The number of carboxylic acid groups (broad SMARTS) is 1. The first kappa shape index (κ1) is 20.4. The van der Waals surface area contributed by atoms with Crippen molar-refractivity contribution >= 4 is 16.0 Å². The average Bonchev–Trinajstić information content (AvgIpc) is 2.56. The quantitative estimate of drug-likeness (QED) is 0.752. The summed E-state index contributed by atoms with van der Waals surface area (Å²) in [7, 11) is -3.97. The van der Waals surface area contributed by atoms with Gasteiger partial charge in [0, 0.05) is 6.04 Å². The standard InChI is InChI=1S/C17H20F3NO4S/c1-2-9-16(15(22)23)10-7-13(8-11-16)21-26(24,25)14-5-3-12(4-6-14)17(18,19)20/h2-6,9,13,21H,7-8,10-11H2,1H3,(H,22,23)/b9-2+. The van der Waals surface area contributed by atoms with E-state index in [0.717, 1.165) is 24.3 Å². The van der Waals surface area contributed by atoms with Gasteiger partial charge in [-0.05, 0) is 56.9 Å². The molecule has 5 nitrogen and oxygen atoms in total. The molecule has 2 N–H and O–H groups in total. The van der Waals surface area contributed by atoms with Crippen molar-refractivity contribution in [2.75, 3.05) is 0 Å². The number of alkyl halides is 3. The lowest BCUT2D eigenvalue weighted by molar-refractivity contribution is -0.147. The van der Waals surface area contributed by atoms with Crippen LogP contribution in [0.15, 0.2) is 41.3 Å². The van der Waals surface area contributed by atoms with Gasteiger partial charge in [0.2, 0.25) is 10.0 Å². The maximum atomic E-state index is 12.6. The van der Waals surface area contributed by atoms with E-state index in [-0.39, 0.29) is 17.7 Å². The molecule has 2 rings (SSSR count). The molecule has 0 amide bonds. The third kappa shape index (κ3) is 4.45. The summed E-state index contributed by atoms with van der Waals surface area (Å²) >= 11 is 0. The van der Waals surface area contributed by atoms with Crippen LogP contribution in [0, 0.1) is 5.41 Å². The summed E-state index contributed by atoms with van der Waals surface area (Å²) in [5.41, 5.74) is -1.92. The van der Waals surface area contributed by atoms with E-state index in [1.807, 2.05) is 0 Å². The summed E-state index contributed by atoms with van der Waals surface area (Å²) in [5.74, 6) is -0.945. The molecular formula is C17H20F3NO4S. The summed E-state index contributed by atoms with van der Waals surface area (Å²) < 4.78 is 64.9. The van der Waals surface area contributed by atoms with Gasteiger partial charge in [0.25, 0.3) is 0 Å². The fraction of sp³-hybridized carbons (Fsp3) is 0.471. The minimum Gasteiger partial charge on any atom is -0.481 e. The fourth-order valence-corrected chi connectivity index (χ4v) is 4.44. The smallest absolute Gasteiger partial charge is 0.416 e. The Kier molecular flexibility index (Phi) is 5.82. The minimum absolute atomic E-state index is 0.256. The van der Waals surface area contributed by atoms with Gasteiger partial charge in [-0.2, -0.15) is 13.2 Å². The van der Waals surface area contributed by atoms with E-state index in [1.165, 1.54) is 0 Å². The largest absolute Gasteiger partial charge is 0.481 e. The number of hydrogen-bond donors (Lipinski definition) is 2. The van der Waals surface area contributed by atoms with E-state index in [1.54, 1.807) is 19.1 Å². The third-order valence-electron chi connectivity index (χ3n) is 4.60. The van der Waals surface area contributed by atoms with Crippen molar-refractivity contribution in [2.45, 2.75) is 49.7 Å². The number of halogens is 3. The van der Waals surface area contributed by atoms with Crippen LogP contribution >= 0.6 is 0 Å². The highest BCUT2D eigenvalue weighted by Gasteiger charge is 2.40. The van der Waals surface area contributed by atoms with Crippen molar-refractivity contribution in [1.82, 2.24) is 4.72 Å². The summed E-state index contributed by atoms with van der Waals surface area (Å²) in [5, 5.41) is 9.43. The Hall–Kier alpha value is -1.87. The maximum Gasteiger partial charge on any atom is 0.416 e. The molecule has 1 fully saturated rings. The van der Waals surface area contributed by atoms with Crippen LogP contribution in [0.1, 0.15) is 38.2 Å². The summed E-state index contributed by atoms with van der Waals surface area (Å²) in [6.07, 6.45) is -0.0183. The Morgan fingerprint density at radius 1 is 1.23 bits per heavy atom. The first-order valence-electron chi connectivity index (χ1n) is 8.07. The van der Waals surface area contributed by atoms with E-state index in [4.69, 9.17) is 0 Å². The van der Waals surface area contributed by atoms with Crippen LogP contribution in [0.3, 0.4) is 0 Å². The Morgan fingerprint density at radius 2 is 1.77 bits per heavy atom. The van der Waals surface area contributed by atoms with Gasteiger partial charge in [-0.3, -0.25) is 4.79 Å². The van der Waals surface area contributed by atoms with Crippen LogP contribution < -0.4 is 4.72 Å². The number of carbonyl (C=O) groups is 1. The van der Waals surface area contributed by atoms with Gasteiger partial charge in [-0.1, -0.05) is 12.2 Å². The second-order valence-corrected chi connectivity index (χ2v) is 8.09. The van der Waals surface area contributed by atoms with Crippen molar-refractivity contribution in [3.05, 3.63) is 42.0 Å². The number of benzene rings is 1. The van der Waals surface area contributed by atoms with Gasteiger partial charge in [-0.15, -0.1) is 0 Å². The number of sulfonamides is 1. The number of allylic oxidation sites excluding steroid dienone is 1. The van der Waals surface area contributed by atoms with Crippen LogP contribution in [0.2, 0.25) is 0 Å². The van der Waals surface area contributed by atoms with Crippen LogP contribution in [0.5, 0.6) is 0 Å². The van der Waals surface area contributed by atoms with Gasteiger partial charge in [0.15, 0.2) is 0 Å². The van der Waals surface area contributed by atoms with E-state index >= 15 is 0 Å². The number of aliphatic carboxylic acids is 1. The molecule has 0 radical (unpaired) electrons. The van der Waals surface area contributed by atoms with Crippen molar-refractivity contribution in [1.29, 1.82) is 0 Å². The summed E-state index contributed by atoms with van der Waals surface area (Å²) in [6, 6.07) is 2.80. The van der Waals surface area contributed by atoms with Crippen LogP contribution in [-0.2, 0) is 21.0 Å². The summed E-state index contributed by atoms with van der Waals surface area (Å²) in [6.45, 7) is 1.73. The van der Waals surface area contributed by atoms with Crippen molar-refractivity contribution in [3.63, 3.8) is 0 Å². The number of nitrogens with one attached hydrogen (secondary N) is 1. The fourth-order valence-electron chi connectivity index (χ4n) is 3.13. The molecule has 0 aliphatic heterocycles. The molecule has 1 aromatic carbocycles. The Bertz CT molecular complexity index is 777. The average molecular weight is 391 g/mol. The zero-order chi connectivity index (χ0) is 19.6.